The minimum Gasteiger partial charge on any atom is -0.495 e. The predicted octanol–water partition coefficient (Wildman–Crippen LogP) is 2.65. The molecule has 0 fully saturated rings. The van der Waals surface area contributed by atoms with E-state index in [0.29, 0.717) is 22.7 Å². The van der Waals surface area contributed by atoms with E-state index in [9.17, 15) is 4.79 Å². The average Bonchev–Trinajstić information content (AvgIpc) is 2.75. The number of carbonyl (C=O) groups excluding carboxylic acids is 1. The number of aromatic nitrogens is 1. The second-order valence-electron chi connectivity index (χ2n) is 3.80. The number of hydrogen-bond donors (Lipinski definition) is 2. The summed E-state index contributed by atoms with van der Waals surface area (Å²) in [4.78, 5) is 11.3. The number of amides is 1. The molecular weight excluding hydrogens is 314 g/mol. The van der Waals surface area contributed by atoms with E-state index in [-0.39, 0.29) is 11.8 Å². The largest absolute Gasteiger partial charge is 0.495 e. The van der Waals surface area contributed by atoms with E-state index in [1.165, 1.54) is 14.0 Å². The maximum absolute atomic E-state index is 11.3. The average molecular weight is 326 g/mol. The molecule has 6 nitrogen and oxygen atoms in total. The normalized spacial score (nSPS) is 10.3. The van der Waals surface area contributed by atoms with Gasteiger partial charge in [-0.2, -0.15) is 0 Å². The fraction of sp³-hybridized carbons (Fsp3) is 0.167. The molecule has 0 radical (unpaired) electrons. The summed E-state index contributed by atoms with van der Waals surface area (Å²) >= 11 is 3.42. The molecule has 3 N–H and O–H groups in total. The van der Waals surface area contributed by atoms with Crippen LogP contribution >= 0.6 is 15.9 Å². The molecule has 0 spiro atoms. The van der Waals surface area contributed by atoms with Crippen molar-refractivity contribution in [1.82, 2.24) is 5.16 Å². The molecule has 0 saturated heterocycles. The molecule has 0 bridgehead atoms. The summed E-state index contributed by atoms with van der Waals surface area (Å²) in [6, 6.07) is 5.11. The van der Waals surface area contributed by atoms with E-state index in [4.69, 9.17) is 15.0 Å². The molecule has 0 unspecified atom stereocenters. The van der Waals surface area contributed by atoms with Crippen LogP contribution in [0.4, 0.5) is 11.6 Å². The number of nitrogens with zero attached hydrogens (tertiary/aromatic N) is 1. The number of nitrogens with one attached hydrogen (secondary N) is 1. The quantitative estimate of drug-likeness (QED) is 0.905. The smallest absolute Gasteiger partial charge is 0.222 e. The Hall–Kier alpha value is -2.02. The van der Waals surface area contributed by atoms with Gasteiger partial charge in [0.15, 0.2) is 0 Å². The van der Waals surface area contributed by atoms with E-state index >= 15 is 0 Å². The maximum atomic E-state index is 11.3. The molecule has 7 heteroatoms. The van der Waals surface area contributed by atoms with E-state index in [1.807, 2.05) is 0 Å². The molecule has 1 aromatic carbocycles. The van der Waals surface area contributed by atoms with Gasteiger partial charge in [0.25, 0.3) is 0 Å². The zero-order chi connectivity index (χ0) is 14.0. The monoisotopic (exact) mass is 325 g/mol. The lowest BCUT2D eigenvalue weighted by molar-refractivity contribution is -0.114. The highest BCUT2D eigenvalue weighted by Gasteiger charge is 2.18. The predicted molar refractivity (Wildman–Crippen MR) is 74.9 cm³/mol. The third kappa shape index (κ3) is 2.70. The molecule has 0 aliphatic rings. The van der Waals surface area contributed by atoms with Crippen molar-refractivity contribution in [3.63, 3.8) is 0 Å². The maximum Gasteiger partial charge on any atom is 0.222 e. The molecule has 1 aromatic heterocycles. The number of anilines is 2. The number of nitrogen functional groups attached to an aromatic ring is 1. The van der Waals surface area contributed by atoms with Crippen molar-refractivity contribution in [2.45, 2.75) is 6.92 Å². The Kier molecular flexibility index (Phi) is 3.75. The number of halogens is 1. The SMILES string of the molecule is COc1ccc(Br)c(-c2cc(N)on2)c1NC(C)=O. The van der Waals surface area contributed by atoms with Crippen molar-refractivity contribution >= 4 is 33.4 Å². The van der Waals surface area contributed by atoms with Gasteiger partial charge in [0.1, 0.15) is 11.4 Å². The summed E-state index contributed by atoms with van der Waals surface area (Å²) in [5.41, 5.74) is 7.19. The second kappa shape index (κ2) is 5.31. The van der Waals surface area contributed by atoms with Gasteiger partial charge < -0.3 is 20.3 Å². The van der Waals surface area contributed by atoms with Crippen LogP contribution in [0.1, 0.15) is 6.92 Å². The minimum absolute atomic E-state index is 0.193. The Bertz CT molecular complexity index is 625. The van der Waals surface area contributed by atoms with Gasteiger partial charge in [0.05, 0.1) is 12.8 Å². The van der Waals surface area contributed by atoms with Gasteiger partial charge in [-0.3, -0.25) is 4.79 Å². The van der Waals surface area contributed by atoms with Gasteiger partial charge in [-0.25, -0.2) is 0 Å². The van der Waals surface area contributed by atoms with Gasteiger partial charge in [-0.15, -0.1) is 0 Å². The Labute approximate surface area is 118 Å². The molecule has 0 aliphatic heterocycles. The highest BCUT2D eigenvalue weighted by atomic mass is 79.9. The van der Waals surface area contributed by atoms with E-state index in [0.717, 1.165) is 4.47 Å². The Morgan fingerprint density at radius 1 is 1.53 bits per heavy atom. The van der Waals surface area contributed by atoms with E-state index in [2.05, 4.69) is 26.4 Å². The van der Waals surface area contributed by atoms with Crippen molar-refractivity contribution < 1.29 is 14.1 Å². The van der Waals surface area contributed by atoms with Gasteiger partial charge >= 0.3 is 0 Å². The van der Waals surface area contributed by atoms with Crippen LogP contribution in [0.5, 0.6) is 5.75 Å². The molecule has 0 aliphatic carbocycles. The lowest BCUT2D eigenvalue weighted by atomic mass is 10.1. The molecule has 1 amide bonds. The number of ether oxygens (including phenoxy) is 1. The first-order valence-electron chi connectivity index (χ1n) is 5.39. The van der Waals surface area contributed by atoms with Crippen LogP contribution in [0.3, 0.4) is 0 Å². The molecule has 2 rings (SSSR count). The summed E-state index contributed by atoms with van der Waals surface area (Å²) in [5, 5.41) is 6.58. The fourth-order valence-corrected chi connectivity index (χ4v) is 2.22. The van der Waals surface area contributed by atoms with Crippen LogP contribution < -0.4 is 15.8 Å². The number of carbonyl (C=O) groups is 1. The van der Waals surface area contributed by atoms with Gasteiger partial charge in [0, 0.05) is 23.0 Å². The van der Waals surface area contributed by atoms with Crippen LogP contribution in [0.15, 0.2) is 27.2 Å². The van der Waals surface area contributed by atoms with Crippen molar-refractivity contribution in [1.29, 1.82) is 0 Å². The Morgan fingerprint density at radius 2 is 2.26 bits per heavy atom. The minimum atomic E-state index is -0.214. The van der Waals surface area contributed by atoms with Crippen LogP contribution in [0, 0.1) is 0 Å². The number of methoxy groups -OCH3 is 1. The summed E-state index contributed by atoms with van der Waals surface area (Å²) in [5.74, 6) is 0.502. The lowest BCUT2D eigenvalue weighted by Gasteiger charge is -2.14. The number of rotatable bonds is 3. The Balaban J connectivity index is 2.65. The highest BCUT2D eigenvalue weighted by molar-refractivity contribution is 9.10. The fourth-order valence-electron chi connectivity index (χ4n) is 1.69. The van der Waals surface area contributed by atoms with E-state index in [1.54, 1.807) is 18.2 Å². The van der Waals surface area contributed by atoms with Crippen molar-refractivity contribution in [2.24, 2.45) is 0 Å². The third-order valence-electron chi connectivity index (χ3n) is 2.42. The zero-order valence-electron chi connectivity index (χ0n) is 10.4. The van der Waals surface area contributed by atoms with Crippen LogP contribution in [-0.2, 0) is 4.79 Å². The van der Waals surface area contributed by atoms with E-state index < -0.39 is 0 Å². The van der Waals surface area contributed by atoms with Gasteiger partial charge in [0.2, 0.25) is 11.8 Å². The lowest BCUT2D eigenvalue weighted by Crippen LogP contribution is -2.09. The summed E-state index contributed by atoms with van der Waals surface area (Å²) in [6.45, 7) is 1.42. The van der Waals surface area contributed by atoms with Crippen LogP contribution in [0.25, 0.3) is 11.3 Å². The first kappa shape index (κ1) is 13.4. The number of nitrogens with two attached hydrogens (primary N) is 1. The van der Waals surface area contributed by atoms with Crippen molar-refractivity contribution in [3.05, 3.63) is 22.7 Å². The third-order valence-corrected chi connectivity index (χ3v) is 3.08. The Morgan fingerprint density at radius 3 is 2.79 bits per heavy atom. The molecule has 0 saturated carbocycles. The first-order valence-corrected chi connectivity index (χ1v) is 6.19. The second-order valence-corrected chi connectivity index (χ2v) is 4.65. The molecule has 1 heterocycles. The summed E-state index contributed by atoms with van der Waals surface area (Å²) in [7, 11) is 1.52. The van der Waals surface area contributed by atoms with Crippen molar-refractivity contribution in [2.75, 3.05) is 18.2 Å². The summed E-state index contributed by atoms with van der Waals surface area (Å²) < 4.78 is 10.8. The topological polar surface area (TPSA) is 90.4 Å². The van der Waals surface area contributed by atoms with Crippen molar-refractivity contribution in [3.8, 4) is 17.0 Å². The summed E-state index contributed by atoms with van der Waals surface area (Å²) in [6.07, 6.45) is 0. The standard InChI is InChI=1S/C12H12BrN3O3/c1-6(17)15-12-9(18-2)4-3-7(13)11(12)8-5-10(14)19-16-8/h3-5H,14H2,1-2H3,(H,15,17). The van der Waals surface area contributed by atoms with Crippen LogP contribution in [0.2, 0.25) is 0 Å². The molecule has 2 aromatic rings. The van der Waals surface area contributed by atoms with Crippen LogP contribution in [-0.4, -0.2) is 18.2 Å². The first-order chi connectivity index (χ1) is 9.02. The van der Waals surface area contributed by atoms with Gasteiger partial charge in [-0.1, -0.05) is 21.1 Å². The van der Waals surface area contributed by atoms with Gasteiger partial charge in [-0.05, 0) is 12.1 Å². The number of hydrogen-bond acceptors (Lipinski definition) is 5. The number of benzene rings is 1. The molecule has 0 atom stereocenters. The molecular formula is C12H12BrN3O3. The molecule has 19 heavy (non-hydrogen) atoms. The zero-order valence-corrected chi connectivity index (χ0v) is 11.9. The highest BCUT2D eigenvalue weighted by Crippen LogP contribution is 2.41. The molecule has 100 valence electrons.